The number of esters is 1. The summed E-state index contributed by atoms with van der Waals surface area (Å²) < 4.78 is 11.1. The van der Waals surface area contributed by atoms with Crippen molar-refractivity contribution in [3.63, 3.8) is 0 Å². The molecular weight excluding hydrogens is 368 g/mol. The van der Waals surface area contributed by atoms with Gasteiger partial charge in [0.1, 0.15) is 5.75 Å². The Balaban J connectivity index is 1.57. The molecule has 0 radical (unpaired) electrons. The van der Waals surface area contributed by atoms with Gasteiger partial charge in [-0.1, -0.05) is 31.9 Å². The Morgan fingerprint density at radius 3 is 2.42 bits per heavy atom. The van der Waals surface area contributed by atoms with E-state index in [-0.39, 0.29) is 5.76 Å². The fourth-order valence-electron chi connectivity index (χ4n) is 3.58. The van der Waals surface area contributed by atoms with Gasteiger partial charge >= 0.3 is 5.97 Å². The molecule has 3 rings (SSSR count). The van der Waals surface area contributed by atoms with Gasteiger partial charge in [0.05, 0.1) is 0 Å². The minimum atomic E-state index is -0.478. The fraction of sp³-hybridized carbons (Fsp3) is 0.450. The van der Waals surface area contributed by atoms with E-state index in [2.05, 4.69) is 35.0 Å². The molecule has 1 aliphatic rings. The summed E-state index contributed by atoms with van der Waals surface area (Å²) in [7, 11) is 0. The van der Waals surface area contributed by atoms with Crippen LogP contribution in [0.4, 0.5) is 0 Å². The van der Waals surface area contributed by atoms with Crippen LogP contribution < -0.4 is 4.74 Å². The molecule has 0 N–H and O–H groups in total. The first-order chi connectivity index (χ1) is 11.7. The summed E-state index contributed by atoms with van der Waals surface area (Å²) in [4.78, 5) is 12.0. The van der Waals surface area contributed by atoms with Gasteiger partial charge in [-0.15, -0.1) is 0 Å². The van der Waals surface area contributed by atoms with Gasteiger partial charge in [-0.05, 0) is 83.3 Å². The molecule has 1 aliphatic carbocycles. The molecule has 1 heterocycles. The summed E-state index contributed by atoms with van der Waals surface area (Å²) in [5.41, 5.74) is 1.35. The molecule has 1 fully saturated rings. The zero-order valence-electron chi connectivity index (χ0n) is 14.0. The van der Waals surface area contributed by atoms with Crippen LogP contribution >= 0.6 is 15.9 Å². The highest BCUT2D eigenvalue weighted by Crippen LogP contribution is 2.37. The predicted molar refractivity (Wildman–Crippen MR) is 97.4 cm³/mol. The van der Waals surface area contributed by atoms with Crippen LogP contribution in [0.3, 0.4) is 0 Å². The molecule has 0 amide bonds. The highest BCUT2D eigenvalue weighted by molar-refractivity contribution is 9.10. The topological polar surface area (TPSA) is 39.4 Å². The molecule has 0 saturated heterocycles. The Labute approximate surface area is 151 Å². The minimum absolute atomic E-state index is 0.195. The number of halogens is 1. The van der Waals surface area contributed by atoms with Crippen molar-refractivity contribution in [1.82, 2.24) is 0 Å². The summed E-state index contributed by atoms with van der Waals surface area (Å²) >= 11 is 3.18. The third kappa shape index (κ3) is 4.29. The number of hydrogen-bond donors (Lipinski definition) is 0. The van der Waals surface area contributed by atoms with Gasteiger partial charge in [-0.2, -0.15) is 0 Å². The first kappa shape index (κ1) is 17.3. The highest BCUT2D eigenvalue weighted by atomic mass is 79.9. The van der Waals surface area contributed by atoms with Crippen molar-refractivity contribution in [3.05, 3.63) is 52.4 Å². The van der Waals surface area contributed by atoms with E-state index >= 15 is 0 Å². The van der Waals surface area contributed by atoms with Gasteiger partial charge in [0.25, 0.3) is 0 Å². The molecule has 3 nitrogen and oxygen atoms in total. The largest absolute Gasteiger partial charge is 0.442 e. The van der Waals surface area contributed by atoms with Crippen LogP contribution in [-0.2, 0) is 0 Å². The quantitative estimate of drug-likeness (QED) is 0.441. The lowest BCUT2D eigenvalue weighted by Gasteiger charge is -2.28. The number of furan rings is 1. The van der Waals surface area contributed by atoms with Gasteiger partial charge in [0.15, 0.2) is 4.67 Å². The fourth-order valence-corrected chi connectivity index (χ4v) is 3.89. The van der Waals surface area contributed by atoms with Gasteiger partial charge in [0, 0.05) is 0 Å². The van der Waals surface area contributed by atoms with Crippen LogP contribution in [-0.4, -0.2) is 5.97 Å². The van der Waals surface area contributed by atoms with E-state index < -0.39 is 5.97 Å². The molecule has 1 aromatic carbocycles. The summed E-state index contributed by atoms with van der Waals surface area (Å²) in [6, 6.07) is 11.2. The van der Waals surface area contributed by atoms with E-state index in [1.54, 1.807) is 12.1 Å². The summed E-state index contributed by atoms with van der Waals surface area (Å²) in [5, 5.41) is 0. The molecule has 1 aromatic heterocycles. The average Bonchev–Trinajstić information content (AvgIpc) is 3.03. The van der Waals surface area contributed by atoms with E-state index in [4.69, 9.17) is 9.15 Å². The van der Waals surface area contributed by atoms with Crippen LogP contribution in [0.2, 0.25) is 0 Å². The van der Waals surface area contributed by atoms with Crippen molar-refractivity contribution >= 4 is 21.9 Å². The Hall–Kier alpha value is -1.55. The summed E-state index contributed by atoms with van der Waals surface area (Å²) in [6.07, 6.45) is 7.87. The zero-order valence-corrected chi connectivity index (χ0v) is 15.6. The van der Waals surface area contributed by atoms with Gasteiger partial charge in [0.2, 0.25) is 5.76 Å². The molecule has 24 heavy (non-hydrogen) atoms. The maximum atomic E-state index is 12.0. The molecular formula is C20H23BrO3. The second kappa shape index (κ2) is 8.02. The SMILES string of the molecule is CCCC1CCC(c2ccc(OC(=O)c3ccc(Br)o3)cc2)CC1. The molecule has 128 valence electrons. The lowest BCUT2D eigenvalue weighted by Crippen LogP contribution is -2.13. The molecule has 0 spiro atoms. The van der Waals surface area contributed by atoms with Crippen LogP contribution in [0.5, 0.6) is 5.75 Å². The normalized spacial score (nSPS) is 20.8. The lowest BCUT2D eigenvalue weighted by atomic mass is 9.77. The third-order valence-electron chi connectivity index (χ3n) is 4.88. The first-order valence-electron chi connectivity index (χ1n) is 8.73. The lowest BCUT2D eigenvalue weighted by molar-refractivity contribution is 0.0700. The van der Waals surface area contributed by atoms with Crippen molar-refractivity contribution in [1.29, 1.82) is 0 Å². The van der Waals surface area contributed by atoms with Crippen molar-refractivity contribution < 1.29 is 13.9 Å². The molecule has 4 heteroatoms. The third-order valence-corrected chi connectivity index (χ3v) is 5.31. The Morgan fingerprint density at radius 2 is 1.83 bits per heavy atom. The number of carbonyl (C=O) groups excluding carboxylic acids is 1. The minimum Gasteiger partial charge on any atom is -0.442 e. The molecule has 0 aliphatic heterocycles. The average molecular weight is 391 g/mol. The molecule has 2 aromatic rings. The van der Waals surface area contributed by atoms with E-state index in [9.17, 15) is 4.79 Å². The molecule has 1 saturated carbocycles. The number of benzene rings is 1. The van der Waals surface area contributed by atoms with Gasteiger partial charge < -0.3 is 9.15 Å². The van der Waals surface area contributed by atoms with Gasteiger partial charge in [-0.25, -0.2) is 4.79 Å². The highest BCUT2D eigenvalue weighted by Gasteiger charge is 2.22. The summed E-state index contributed by atoms with van der Waals surface area (Å²) in [5.74, 6) is 1.83. The molecule has 0 bridgehead atoms. The summed E-state index contributed by atoms with van der Waals surface area (Å²) in [6.45, 7) is 2.27. The number of rotatable bonds is 5. The first-order valence-corrected chi connectivity index (χ1v) is 9.52. The van der Waals surface area contributed by atoms with Crippen LogP contribution in [0, 0.1) is 5.92 Å². The van der Waals surface area contributed by atoms with Crippen LogP contribution in [0.25, 0.3) is 0 Å². The van der Waals surface area contributed by atoms with Crippen molar-refractivity contribution in [3.8, 4) is 5.75 Å². The smallest absolute Gasteiger partial charge is 0.379 e. The molecule has 0 unspecified atom stereocenters. The zero-order chi connectivity index (χ0) is 16.9. The van der Waals surface area contributed by atoms with E-state index in [0.29, 0.717) is 16.3 Å². The number of hydrogen-bond acceptors (Lipinski definition) is 3. The molecule has 0 atom stereocenters. The standard InChI is InChI=1S/C20H23BrO3/c1-2-3-14-4-6-15(7-5-14)16-8-10-17(11-9-16)23-20(22)18-12-13-19(21)24-18/h8-15H,2-7H2,1H3. The van der Waals surface area contributed by atoms with E-state index in [1.807, 2.05) is 12.1 Å². The second-order valence-electron chi connectivity index (χ2n) is 6.57. The van der Waals surface area contributed by atoms with Gasteiger partial charge in [-0.3, -0.25) is 0 Å². The number of ether oxygens (including phenoxy) is 1. The predicted octanol–water partition coefficient (Wildman–Crippen LogP) is 6.34. The Kier molecular flexibility index (Phi) is 5.77. The van der Waals surface area contributed by atoms with Crippen molar-refractivity contribution in [2.24, 2.45) is 5.92 Å². The van der Waals surface area contributed by atoms with E-state index in [0.717, 1.165) is 5.92 Å². The Morgan fingerprint density at radius 1 is 1.12 bits per heavy atom. The van der Waals surface area contributed by atoms with Crippen molar-refractivity contribution in [2.45, 2.75) is 51.4 Å². The van der Waals surface area contributed by atoms with Crippen LogP contribution in [0.1, 0.15) is 67.5 Å². The van der Waals surface area contributed by atoms with Crippen molar-refractivity contribution in [2.75, 3.05) is 0 Å². The number of carbonyl (C=O) groups is 1. The monoisotopic (exact) mass is 390 g/mol. The van der Waals surface area contributed by atoms with Crippen LogP contribution in [0.15, 0.2) is 45.5 Å². The maximum absolute atomic E-state index is 12.0. The second-order valence-corrected chi connectivity index (χ2v) is 7.35. The van der Waals surface area contributed by atoms with E-state index in [1.165, 1.54) is 44.1 Å². The Bertz CT molecular complexity index is 666. The maximum Gasteiger partial charge on any atom is 0.379 e.